The third-order valence-electron chi connectivity index (χ3n) is 2.10. The van der Waals surface area contributed by atoms with Crippen molar-refractivity contribution in [2.24, 2.45) is 0 Å². The van der Waals surface area contributed by atoms with Gasteiger partial charge in [-0.3, -0.25) is 0 Å². The smallest absolute Gasteiger partial charge is 0.465 e. The molecule has 0 aromatic heterocycles. The highest BCUT2D eigenvalue weighted by molar-refractivity contribution is 5.91. The highest BCUT2D eigenvalue weighted by atomic mass is 19.4. The Morgan fingerprint density at radius 3 is 2.47 bits per heavy atom. The van der Waals surface area contributed by atoms with Crippen LogP contribution in [0.25, 0.3) is 0 Å². The molecule has 0 amide bonds. The summed E-state index contributed by atoms with van der Waals surface area (Å²) in [6, 6.07) is 3.52. The van der Waals surface area contributed by atoms with Crippen LogP contribution in [0.4, 0.5) is 13.2 Å². The van der Waals surface area contributed by atoms with Crippen molar-refractivity contribution in [2.45, 2.75) is 19.7 Å². The van der Waals surface area contributed by atoms with Gasteiger partial charge < -0.3 is 9.47 Å². The van der Waals surface area contributed by atoms with Crippen LogP contribution in [0.3, 0.4) is 0 Å². The molecule has 0 radical (unpaired) electrons. The minimum Gasteiger partial charge on any atom is -0.465 e. The molecule has 3 nitrogen and oxygen atoms in total. The first-order chi connectivity index (χ1) is 7.87. The average molecular weight is 248 g/mol. The van der Waals surface area contributed by atoms with Crippen molar-refractivity contribution in [1.29, 1.82) is 0 Å². The summed E-state index contributed by atoms with van der Waals surface area (Å²) in [6.07, 6.45) is -4.34. The van der Waals surface area contributed by atoms with Crippen LogP contribution in [0.1, 0.15) is 22.8 Å². The van der Waals surface area contributed by atoms with Gasteiger partial charge in [-0.25, -0.2) is 4.79 Å². The number of hydrogen-bond donors (Lipinski definition) is 0. The highest BCUT2D eigenvalue weighted by Gasteiger charge is 2.31. The van der Waals surface area contributed by atoms with Gasteiger partial charge in [-0.1, -0.05) is 6.92 Å². The molecule has 0 fully saturated rings. The summed E-state index contributed by atoms with van der Waals surface area (Å²) in [4.78, 5) is 11.3. The second-order valence-corrected chi connectivity index (χ2v) is 3.21. The maximum absolute atomic E-state index is 12.0. The lowest BCUT2D eigenvalue weighted by Crippen LogP contribution is -2.17. The predicted octanol–water partition coefficient (Wildman–Crippen LogP) is 2.93. The van der Waals surface area contributed by atoms with Crippen LogP contribution < -0.4 is 4.74 Å². The fourth-order valence-corrected chi connectivity index (χ4v) is 1.37. The van der Waals surface area contributed by atoms with E-state index in [1.165, 1.54) is 19.2 Å². The minimum atomic E-state index is -4.74. The minimum absolute atomic E-state index is 0.240. The first-order valence-corrected chi connectivity index (χ1v) is 4.84. The van der Waals surface area contributed by atoms with E-state index < -0.39 is 12.3 Å². The Bertz CT molecular complexity index is 413. The van der Waals surface area contributed by atoms with Crippen LogP contribution in [0.2, 0.25) is 0 Å². The quantitative estimate of drug-likeness (QED) is 0.771. The average Bonchev–Trinajstić information content (AvgIpc) is 2.25. The number of aryl methyl sites for hydroxylation is 1. The SMILES string of the molecule is CCc1cc(OC(F)(F)F)ccc1C(=O)OC. The van der Waals surface area contributed by atoms with Gasteiger partial charge in [-0.05, 0) is 30.2 Å². The molecule has 6 heteroatoms. The van der Waals surface area contributed by atoms with Crippen molar-refractivity contribution in [1.82, 2.24) is 0 Å². The van der Waals surface area contributed by atoms with Gasteiger partial charge >= 0.3 is 12.3 Å². The second-order valence-electron chi connectivity index (χ2n) is 3.21. The number of methoxy groups -OCH3 is 1. The number of halogens is 3. The molecular weight excluding hydrogens is 237 g/mol. The molecule has 0 heterocycles. The molecule has 0 saturated heterocycles. The molecular formula is C11H11F3O3. The van der Waals surface area contributed by atoms with Gasteiger partial charge in [0.15, 0.2) is 0 Å². The summed E-state index contributed by atoms with van der Waals surface area (Å²) in [5.41, 5.74) is 0.683. The molecule has 0 aliphatic heterocycles. The zero-order chi connectivity index (χ0) is 13.1. The van der Waals surface area contributed by atoms with Crippen molar-refractivity contribution in [3.8, 4) is 5.75 Å². The lowest BCUT2D eigenvalue weighted by atomic mass is 10.1. The first kappa shape index (κ1) is 13.3. The number of carbonyl (C=O) groups is 1. The van der Waals surface area contributed by atoms with E-state index in [-0.39, 0.29) is 11.3 Å². The maximum Gasteiger partial charge on any atom is 0.573 e. The molecule has 1 aromatic rings. The molecule has 0 aliphatic rings. The summed E-state index contributed by atoms with van der Waals surface area (Å²) >= 11 is 0. The molecule has 0 bridgehead atoms. The number of carbonyl (C=O) groups excluding carboxylic acids is 1. The maximum atomic E-state index is 12.0. The Morgan fingerprint density at radius 1 is 1.35 bits per heavy atom. The van der Waals surface area contributed by atoms with Crippen molar-refractivity contribution in [3.05, 3.63) is 29.3 Å². The zero-order valence-electron chi connectivity index (χ0n) is 9.30. The van der Waals surface area contributed by atoms with E-state index >= 15 is 0 Å². The van der Waals surface area contributed by atoms with Crippen LogP contribution in [-0.4, -0.2) is 19.4 Å². The highest BCUT2D eigenvalue weighted by Crippen LogP contribution is 2.25. The molecule has 17 heavy (non-hydrogen) atoms. The van der Waals surface area contributed by atoms with Crippen molar-refractivity contribution in [3.63, 3.8) is 0 Å². The third-order valence-corrected chi connectivity index (χ3v) is 2.10. The molecule has 0 saturated carbocycles. The summed E-state index contributed by atoms with van der Waals surface area (Å²) < 4.78 is 44.2. The van der Waals surface area contributed by atoms with Gasteiger partial charge in [0.2, 0.25) is 0 Å². The van der Waals surface area contributed by atoms with Gasteiger partial charge in [0.25, 0.3) is 0 Å². The van der Waals surface area contributed by atoms with E-state index in [0.717, 1.165) is 6.07 Å². The van der Waals surface area contributed by atoms with Gasteiger partial charge in [0.05, 0.1) is 12.7 Å². The number of rotatable bonds is 3. The van der Waals surface area contributed by atoms with Gasteiger partial charge in [-0.2, -0.15) is 0 Å². The first-order valence-electron chi connectivity index (χ1n) is 4.84. The summed E-state index contributed by atoms with van der Waals surface area (Å²) in [5.74, 6) is -0.928. The van der Waals surface area contributed by atoms with Crippen LogP contribution in [0, 0.1) is 0 Å². The van der Waals surface area contributed by atoms with E-state index in [0.29, 0.717) is 12.0 Å². The van der Waals surface area contributed by atoms with E-state index in [9.17, 15) is 18.0 Å². The Labute approximate surface area is 96.1 Å². The number of benzene rings is 1. The van der Waals surface area contributed by atoms with Crippen LogP contribution in [0.15, 0.2) is 18.2 Å². The van der Waals surface area contributed by atoms with Crippen LogP contribution in [-0.2, 0) is 11.2 Å². The summed E-state index contributed by atoms with van der Waals surface area (Å²) in [5, 5.41) is 0. The Morgan fingerprint density at radius 2 is 2.00 bits per heavy atom. The van der Waals surface area contributed by atoms with E-state index in [1.807, 2.05) is 0 Å². The molecule has 0 spiro atoms. The Hall–Kier alpha value is -1.72. The third kappa shape index (κ3) is 3.65. The van der Waals surface area contributed by atoms with Crippen molar-refractivity contribution >= 4 is 5.97 Å². The van der Waals surface area contributed by atoms with Crippen LogP contribution >= 0.6 is 0 Å². The van der Waals surface area contributed by atoms with Gasteiger partial charge in [-0.15, -0.1) is 13.2 Å². The summed E-state index contributed by atoms with van der Waals surface area (Å²) in [7, 11) is 1.21. The van der Waals surface area contributed by atoms with Crippen molar-refractivity contribution in [2.75, 3.05) is 7.11 Å². The topological polar surface area (TPSA) is 35.5 Å². The van der Waals surface area contributed by atoms with Crippen molar-refractivity contribution < 1.29 is 27.4 Å². The van der Waals surface area contributed by atoms with E-state index in [1.54, 1.807) is 6.92 Å². The number of alkyl halides is 3. The van der Waals surface area contributed by atoms with E-state index in [2.05, 4.69) is 9.47 Å². The van der Waals surface area contributed by atoms with Gasteiger partial charge in [0, 0.05) is 0 Å². The standard InChI is InChI=1S/C11H11F3O3/c1-3-7-6-8(17-11(12,13)14)4-5-9(7)10(15)16-2/h4-6H,3H2,1-2H3. The van der Waals surface area contributed by atoms with Gasteiger partial charge in [0.1, 0.15) is 5.75 Å². The number of esters is 1. The predicted molar refractivity (Wildman–Crippen MR) is 53.8 cm³/mol. The molecule has 0 N–H and O–H groups in total. The molecule has 0 aliphatic carbocycles. The Kier molecular flexibility index (Phi) is 3.98. The van der Waals surface area contributed by atoms with E-state index in [4.69, 9.17) is 0 Å². The molecule has 0 atom stereocenters. The normalized spacial score (nSPS) is 11.1. The lowest BCUT2D eigenvalue weighted by molar-refractivity contribution is -0.274. The molecule has 0 unspecified atom stereocenters. The monoisotopic (exact) mass is 248 g/mol. The largest absolute Gasteiger partial charge is 0.573 e. The fourth-order valence-electron chi connectivity index (χ4n) is 1.37. The fraction of sp³-hybridized carbons (Fsp3) is 0.364. The Balaban J connectivity index is 3.04. The molecule has 94 valence electrons. The summed E-state index contributed by atoms with van der Waals surface area (Å²) in [6.45, 7) is 1.72. The molecule has 1 aromatic carbocycles. The second kappa shape index (κ2) is 5.07. The number of hydrogen-bond acceptors (Lipinski definition) is 3. The molecule has 1 rings (SSSR count). The zero-order valence-corrected chi connectivity index (χ0v) is 9.30. The lowest BCUT2D eigenvalue weighted by Gasteiger charge is -2.11. The number of ether oxygens (including phenoxy) is 2. The van der Waals surface area contributed by atoms with Crippen LogP contribution in [0.5, 0.6) is 5.75 Å².